The predicted octanol–water partition coefficient (Wildman–Crippen LogP) is 0.950. The van der Waals surface area contributed by atoms with E-state index in [9.17, 15) is 14.4 Å². The average Bonchev–Trinajstić information content (AvgIpc) is 2.77. The number of carbonyl (C=O) groups excluding carboxylic acids is 3. The Kier molecular flexibility index (Phi) is 5.89. The number of aryl methyl sites for hydroxylation is 1. The number of rotatable bonds is 6. The molecule has 0 saturated carbocycles. The fourth-order valence-corrected chi connectivity index (χ4v) is 1.70. The average molecular weight is 298 g/mol. The minimum absolute atomic E-state index is 0.0955. The van der Waals surface area contributed by atoms with Gasteiger partial charge in [0.1, 0.15) is 5.56 Å². The molecule has 0 fully saturated rings. The quantitative estimate of drug-likeness (QED) is 0.569. The third-order valence-corrected chi connectivity index (χ3v) is 2.46. The van der Waals surface area contributed by atoms with Crippen molar-refractivity contribution in [1.29, 1.82) is 0 Å². The summed E-state index contributed by atoms with van der Waals surface area (Å²) in [6.07, 6.45) is 0. The van der Waals surface area contributed by atoms with Crippen LogP contribution in [0.15, 0.2) is 0 Å². The molecule has 0 aliphatic carbocycles. The number of carbonyl (C=O) groups is 3. The Morgan fingerprint density at radius 3 is 1.90 bits per heavy atom. The molecule has 1 rings (SSSR count). The lowest BCUT2D eigenvalue weighted by Gasteiger charge is -2.06. The summed E-state index contributed by atoms with van der Waals surface area (Å²) in [5, 5.41) is 3.88. The van der Waals surface area contributed by atoms with Crippen molar-refractivity contribution in [3.63, 3.8) is 0 Å². The highest BCUT2D eigenvalue weighted by Crippen LogP contribution is 2.18. The lowest BCUT2D eigenvalue weighted by molar-refractivity contribution is 0.0457. The second-order valence-electron chi connectivity index (χ2n) is 3.86. The summed E-state index contributed by atoms with van der Waals surface area (Å²) in [7, 11) is 1.43. The normalized spacial score (nSPS) is 10.1. The first-order chi connectivity index (χ1) is 9.97. The van der Waals surface area contributed by atoms with E-state index in [0.717, 1.165) is 4.68 Å². The largest absolute Gasteiger partial charge is 0.462 e. The monoisotopic (exact) mass is 298 g/mol. The van der Waals surface area contributed by atoms with Crippen LogP contribution in [0.1, 0.15) is 52.1 Å². The van der Waals surface area contributed by atoms with Crippen molar-refractivity contribution in [3.05, 3.63) is 17.0 Å². The molecule has 0 N–H and O–H groups in total. The SMILES string of the molecule is CCOC(=O)c1nn(C)c(C(=O)OCC)c1C(=O)OCC. The summed E-state index contributed by atoms with van der Waals surface area (Å²) in [4.78, 5) is 35.8. The Bertz CT molecular complexity index is 549. The van der Waals surface area contributed by atoms with Crippen LogP contribution in [0.2, 0.25) is 0 Å². The smallest absolute Gasteiger partial charge is 0.359 e. The maximum Gasteiger partial charge on any atom is 0.359 e. The van der Waals surface area contributed by atoms with Crippen LogP contribution in [-0.4, -0.2) is 47.5 Å². The van der Waals surface area contributed by atoms with Gasteiger partial charge in [-0.05, 0) is 20.8 Å². The maximum absolute atomic E-state index is 12.0. The number of esters is 3. The summed E-state index contributed by atoms with van der Waals surface area (Å²) in [5.74, 6) is -2.38. The van der Waals surface area contributed by atoms with Crippen LogP contribution in [0.25, 0.3) is 0 Å². The number of aromatic nitrogens is 2. The van der Waals surface area contributed by atoms with Gasteiger partial charge in [-0.3, -0.25) is 4.68 Å². The van der Waals surface area contributed by atoms with Gasteiger partial charge in [0.2, 0.25) is 0 Å². The molecule has 1 aromatic rings. The van der Waals surface area contributed by atoms with Gasteiger partial charge in [-0.2, -0.15) is 5.10 Å². The van der Waals surface area contributed by atoms with Gasteiger partial charge in [0.25, 0.3) is 0 Å². The van der Waals surface area contributed by atoms with E-state index in [1.54, 1.807) is 20.8 Å². The van der Waals surface area contributed by atoms with Gasteiger partial charge in [0.15, 0.2) is 11.4 Å². The molecule has 0 bridgehead atoms. The highest BCUT2D eigenvalue weighted by atomic mass is 16.5. The van der Waals surface area contributed by atoms with Crippen molar-refractivity contribution in [3.8, 4) is 0 Å². The number of hydrogen-bond acceptors (Lipinski definition) is 7. The Labute approximate surface area is 122 Å². The molecule has 0 amide bonds. The fourth-order valence-electron chi connectivity index (χ4n) is 1.70. The summed E-state index contributed by atoms with van der Waals surface area (Å²) < 4.78 is 15.7. The van der Waals surface area contributed by atoms with Gasteiger partial charge in [-0.15, -0.1) is 0 Å². The molecule has 1 aromatic heterocycles. The zero-order valence-electron chi connectivity index (χ0n) is 12.5. The predicted molar refractivity (Wildman–Crippen MR) is 71.1 cm³/mol. The summed E-state index contributed by atoms with van der Waals surface area (Å²) >= 11 is 0. The van der Waals surface area contributed by atoms with Crippen molar-refractivity contribution in [2.75, 3.05) is 19.8 Å². The van der Waals surface area contributed by atoms with E-state index in [-0.39, 0.29) is 36.8 Å². The molecule has 116 valence electrons. The van der Waals surface area contributed by atoms with Crippen LogP contribution in [0.5, 0.6) is 0 Å². The summed E-state index contributed by atoms with van der Waals surface area (Å²) in [5.41, 5.74) is -0.643. The van der Waals surface area contributed by atoms with E-state index in [0.29, 0.717) is 0 Å². The van der Waals surface area contributed by atoms with E-state index in [1.807, 2.05) is 0 Å². The standard InChI is InChI=1S/C13H18N2O6/c1-5-19-11(16)8-9(12(17)20-6-2)14-15(4)10(8)13(18)21-7-3/h5-7H2,1-4H3. The molecule has 0 saturated heterocycles. The van der Waals surface area contributed by atoms with Gasteiger partial charge in [0.05, 0.1) is 19.8 Å². The van der Waals surface area contributed by atoms with Crippen LogP contribution in [-0.2, 0) is 21.3 Å². The molecule has 0 atom stereocenters. The zero-order valence-corrected chi connectivity index (χ0v) is 12.5. The first-order valence-corrected chi connectivity index (χ1v) is 6.56. The Morgan fingerprint density at radius 2 is 1.38 bits per heavy atom. The lowest BCUT2D eigenvalue weighted by Crippen LogP contribution is -2.18. The van der Waals surface area contributed by atoms with E-state index >= 15 is 0 Å². The second-order valence-corrected chi connectivity index (χ2v) is 3.86. The summed E-state index contributed by atoms with van der Waals surface area (Å²) in [6, 6.07) is 0. The first-order valence-electron chi connectivity index (χ1n) is 6.56. The van der Waals surface area contributed by atoms with E-state index in [4.69, 9.17) is 14.2 Å². The topological polar surface area (TPSA) is 96.7 Å². The van der Waals surface area contributed by atoms with E-state index < -0.39 is 17.9 Å². The summed E-state index contributed by atoms with van der Waals surface area (Å²) in [6.45, 7) is 5.20. The molecular weight excluding hydrogens is 280 g/mol. The zero-order chi connectivity index (χ0) is 16.0. The molecular formula is C13H18N2O6. The van der Waals surface area contributed by atoms with Gasteiger partial charge < -0.3 is 14.2 Å². The van der Waals surface area contributed by atoms with Crippen LogP contribution in [0, 0.1) is 0 Å². The molecule has 0 aliphatic heterocycles. The van der Waals surface area contributed by atoms with Crippen LogP contribution < -0.4 is 0 Å². The lowest BCUT2D eigenvalue weighted by atomic mass is 10.1. The molecule has 0 radical (unpaired) electrons. The number of hydrogen-bond donors (Lipinski definition) is 0. The van der Waals surface area contributed by atoms with Crippen molar-refractivity contribution in [1.82, 2.24) is 9.78 Å². The highest BCUT2D eigenvalue weighted by Gasteiger charge is 2.33. The van der Waals surface area contributed by atoms with Gasteiger partial charge in [-0.25, -0.2) is 14.4 Å². The molecule has 0 aromatic carbocycles. The van der Waals surface area contributed by atoms with Crippen LogP contribution >= 0.6 is 0 Å². The molecule has 0 spiro atoms. The van der Waals surface area contributed by atoms with E-state index in [1.165, 1.54) is 7.05 Å². The molecule has 8 nitrogen and oxygen atoms in total. The Balaban J connectivity index is 3.38. The van der Waals surface area contributed by atoms with Crippen molar-refractivity contribution in [2.45, 2.75) is 20.8 Å². The van der Waals surface area contributed by atoms with Crippen molar-refractivity contribution >= 4 is 17.9 Å². The Hall–Kier alpha value is -2.38. The fraction of sp³-hybridized carbons (Fsp3) is 0.538. The van der Waals surface area contributed by atoms with Crippen LogP contribution in [0.4, 0.5) is 0 Å². The minimum Gasteiger partial charge on any atom is -0.462 e. The van der Waals surface area contributed by atoms with Gasteiger partial charge in [-0.1, -0.05) is 0 Å². The van der Waals surface area contributed by atoms with Gasteiger partial charge in [0, 0.05) is 7.05 Å². The van der Waals surface area contributed by atoms with Gasteiger partial charge >= 0.3 is 17.9 Å². The third-order valence-electron chi connectivity index (χ3n) is 2.46. The Morgan fingerprint density at radius 1 is 0.905 bits per heavy atom. The molecule has 0 unspecified atom stereocenters. The first kappa shape index (κ1) is 16.7. The molecule has 1 heterocycles. The van der Waals surface area contributed by atoms with E-state index in [2.05, 4.69) is 5.10 Å². The second kappa shape index (κ2) is 7.41. The molecule has 8 heteroatoms. The maximum atomic E-state index is 12.0. The van der Waals surface area contributed by atoms with Crippen molar-refractivity contribution < 1.29 is 28.6 Å². The minimum atomic E-state index is -0.822. The molecule has 0 aliphatic rings. The van der Waals surface area contributed by atoms with Crippen molar-refractivity contribution in [2.24, 2.45) is 7.05 Å². The number of nitrogens with zero attached hydrogens (tertiary/aromatic N) is 2. The van der Waals surface area contributed by atoms with Crippen LogP contribution in [0.3, 0.4) is 0 Å². The number of ether oxygens (including phenoxy) is 3. The highest BCUT2D eigenvalue weighted by molar-refractivity contribution is 6.09. The third kappa shape index (κ3) is 3.59. The molecule has 21 heavy (non-hydrogen) atoms.